The van der Waals surface area contributed by atoms with Gasteiger partial charge < -0.3 is 28.8 Å². The molecular weight excluding hydrogens is 576 g/mol. The number of hydrogen-bond acceptors (Lipinski definition) is 9. The van der Waals surface area contributed by atoms with Gasteiger partial charge in [-0.3, -0.25) is 0 Å². The number of fused-ring (bicyclic) bond motifs is 2. The number of rotatable bonds is 17. The first-order valence-corrected chi connectivity index (χ1v) is 15.8. The highest BCUT2D eigenvalue weighted by Gasteiger charge is 2.18. The van der Waals surface area contributed by atoms with Crippen LogP contribution in [-0.4, -0.2) is 75.4 Å². The lowest BCUT2D eigenvalue weighted by Crippen LogP contribution is -2.35. The van der Waals surface area contributed by atoms with Gasteiger partial charge in [0.25, 0.3) is 0 Å². The molecular formula is C31H37ClN4O5S. The summed E-state index contributed by atoms with van der Waals surface area (Å²) in [7, 11) is 0. The summed E-state index contributed by atoms with van der Waals surface area (Å²) >= 11 is 7.43. The average Bonchev–Trinajstić information content (AvgIpc) is 3.44. The van der Waals surface area contributed by atoms with Gasteiger partial charge in [-0.1, -0.05) is 31.0 Å². The number of nitriles is 1. The molecule has 0 saturated heterocycles. The van der Waals surface area contributed by atoms with Crippen LogP contribution in [0.15, 0.2) is 51.8 Å². The minimum atomic E-state index is -0.456. The number of alkyl halides is 1. The van der Waals surface area contributed by atoms with Crippen LogP contribution in [0.4, 0.5) is 10.5 Å². The second-order valence-electron chi connectivity index (χ2n) is 9.61. The van der Waals surface area contributed by atoms with Gasteiger partial charge in [-0.15, -0.1) is 23.4 Å². The van der Waals surface area contributed by atoms with Crippen molar-refractivity contribution >= 4 is 57.9 Å². The van der Waals surface area contributed by atoms with Gasteiger partial charge in [0.1, 0.15) is 23.8 Å². The summed E-state index contributed by atoms with van der Waals surface area (Å²) in [6.07, 6.45) is 5.71. The zero-order chi connectivity index (χ0) is 29.4. The van der Waals surface area contributed by atoms with Crippen LogP contribution >= 0.6 is 23.4 Å². The van der Waals surface area contributed by atoms with Crippen LogP contribution in [-0.2, 0) is 14.2 Å². The van der Waals surface area contributed by atoms with Gasteiger partial charge in [0.15, 0.2) is 5.58 Å². The Bertz CT molecular complexity index is 1330. The molecule has 0 radical (unpaired) electrons. The molecule has 0 aliphatic carbocycles. The molecule has 2 heterocycles. The molecule has 0 saturated carbocycles. The number of carbonyl (C=O) groups excluding carboxylic acids is 1. The summed E-state index contributed by atoms with van der Waals surface area (Å²) in [5.41, 5.74) is 3.71. The van der Waals surface area contributed by atoms with Gasteiger partial charge in [0.2, 0.25) is 5.89 Å². The number of ether oxygens (including phenoxy) is 3. The molecule has 4 rings (SSSR count). The first-order valence-electron chi connectivity index (χ1n) is 14.3. The molecule has 1 aliphatic heterocycles. The first-order chi connectivity index (χ1) is 20.7. The number of oxazole rings is 1. The summed E-state index contributed by atoms with van der Waals surface area (Å²) in [4.78, 5) is 19.8. The molecule has 9 nitrogen and oxygen atoms in total. The van der Waals surface area contributed by atoms with E-state index in [4.69, 9.17) is 30.2 Å². The number of alkyl carbamates (subject to hydrolysis) is 1. The zero-order valence-corrected chi connectivity index (χ0v) is 25.3. The van der Waals surface area contributed by atoms with E-state index in [1.807, 2.05) is 36.4 Å². The third-order valence-corrected chi connectivity index (χ3v) is 7.85. The highest BCUT2D eigenvalue weighted by atomic mass is 35.5. The topological polar surface area (TPSA) is 110 Å². The second kappa shape index (κ2) is 17.7. The summed E-state index contributed by atoms with van der Waals surface area (Å²) in [6, 6.07) is 15.7. The number of carbonyl (C=O) groups is 1. The third kappa shape index (κ3) is 9.95. The maximum atomic E-state index is 12.1. The van der Waals surface area contributed by atoms with E-state index in [9.17, 15) is 10.1 Å². The number of allylic oxidation sites excluding steroid dienone is 1. The highest BCUT2D eigenvalue weighted by Crippen LogP contribution is 2.36. The number of hydrogen-bond donors (Lipinski definition) is 1. The van der Waals surface area contributed by atoms with Gasteiger partial charge in [-0.05, 0) is 48.7 Å². The van der Waals surface area contributed by atoms with Crippen LogP contribution in [0.1, 0.15) is 37.1 Å². The van der Waals surface area contributed by atoms with Crippen molar-refractivity contribution in [1.29, 1.82) is 5.26 Å². The maximum Gasteiger partial charge on any atom is 0.407 e. The van der Waals surface area contributed by atoms with E-state index in [2.05, 4.69) is 27.3 Å². The number of amides is 1. The number of aromatic nitrogens is 1. The van der Waals surface area contributed by atoms with Crippen molar-refractivity contribution in [3.63, 3.8) is 0 Å². The summed E-state index contributed by atoms with van der Waals surface area (Å²) in [5.74, 6) is 1.94. The van der Waals surface area contributed by atoms with Gasteiger partial charge in [0, 0.05) is 36.2 Å². The standard InChI is InChI=1S/C31H37ClN4O5S/c32-11-5-1-2-6-15-38-18-19-39-16-12-34-31(37)40-17-13-36-14-20-42-29-22-24(9-10-27(29)36)21-25(23-33)30-35-26-7-3-4-8-28(26)41-30/h3-4,7-10,21-22H,1-2,5-6,11-20H2,(H,34,37)/b25-21+. The zero-order valence-electron chi connectivity index (χ0n) is 23.7. The number of thioether (sulfide) groups is 1. The first kappa shape index (κ1) is 31.7. The van der Waals surface area contributed by atoms with Gasteiger partial charge in [0.05, 0.1) is 32.1 Å². The molecule has 0 bridgehead atoms. The fourth-order valence-electron chi connectivity index (χ4n) is 4.41. The minimum Gasteiger partial charge on any atom is -0.448 e. The lowest BCUT2D eigenvalue weighted by atomic mass is 10.1. The molecule has 2 aromatic carbocycles. The van der Waals surface area contributed by atoms with E-state index in [0.29, 0.717) is 50.0 Å². The average molecular weight is 613 g/mol. The molecule has 11 heteroatoms. The number of para-hydroxylation sites is 2. The molecule has 1 N–H and O–H groups in total. The van der Waals surface area contributed by atoms with Crippen LogP contribution in [0.25, 0.3) is 22.7 Å². The molecule has 42 heavy (non-hydrogen) atoms. The number of nitrogens with one attached hydrogen (secondary N) is 1. The van der Waals surface area contributed by atoms with Crippen LogP contribution in [0, 0.1) is 11.3 Å². The van der Waals surface area contributed by atoms with E-state index in [1.54, 1.807) is 17.8 Å². The number of unbranched alkanes of at least 4 members (excludes halogenated alkanes) is 3. The fourth-order valence-corrected chi connectivity index (χ4v) is 5.70. The molecule has 0 fully saturated rings. The molecule has 1 aliphatic rings. The third-order valence-electron chi connectivity index (χ3n) is 6.55. The largest absolute Gasteiger partial charge is 0.448 e. The van der Waals surface area contributed by atoms with Crippen molar-refractivity contribution < 1.29 is 23.4 Å². The molecule has 224 valence electrons. The van der Waals surface area contributed by atoms with Crippen LogP contribution in [0.5, 0.6) is 0 Å². The minimum absolute atomic E-state index is 0.271. The predicted molar refractivity (Wildman–Crippen MR) is 167 cm³/mol. The van der Waals surface area contributed by atoms with Crippen molar-refractivity contribution in [2.45, 2.75) is 30.6 Å². The summed E-state index contributed by atoms with van der Waals surface area (Å²) in [5, 5.41) is 12.5. The molecule has 1 aromatic heterocycles. The second-order valence-corrected chi connectivity index (χ2v) is 11.1. The normalized spacial score (nSPS) is 13.1. The Kier molecular flexibility index (Phi) is 13.3. The number of halogens is 1. The van der Waals surface area contributed by atoms with Crippen LogP contribution in [0.2, 0.25) is 0 Å². The quantitative estimate of drug-likeness (QED) is 0.106. The predicted octanol–water partition coefficient (Wildman–Crippen LogP) is 6.36. The van der Waals surface area contributed by atoms with Crippen LogP contribution < -0.4 is 10.2 Å². The molecule has 3 aromatic rings. The number of nitrogens with zero attached hydrogens (tertiary/aromatic N) is 3. The van der Waals surface area contributed by atoms with E-state index in [-0.39, 0.29) is 6.61 Å². The Morgan fingerprint density at radius 2 is 1.93 bits per heavy atom. The Morgan fingerprint density at radius 3 is 2.76 bits per heavy atom. The molecule has 0 atom stereocenters. The lowest BCUT2D eigenvalue weighted by Gasteiger charge is -2.30. The van der Waals surface area contributed by atoms with Crippen molar-refractivity contribution in [3.8, 4) is 6.07 Å². The van der Waals surface area contributed by atoms with Crippen molar-refractivity contribution in [1.82, 2.24) is 10.3 Å². The SMILES string of the molecule is N#C/C(=C\c1ccc2c(c1)SCCN2CCOC(=O)NCCOCCOCCCCCCCl)c1nc2ccccc2o1. The van der Waals surface area contributed by atoms with Gasteiger partial charge in [-0.2, -0.15) is 5.26 Å². The monoisotopic (exact) mass is 612 g/mol. The fraction of sp³-hybridized carbons (Fsp3) is 0.452. The molecule has 0 spiro atoms. The Balaban J connectivity index is 1.15. The number of benzene rings is 2. The van der Waals surface area contributed by atoms with Crippen molar-refractivity contribution in [2.24, 2.45) is 0 Å². The van der Waals surface area contributed by atoms with Gasteiger partial charge in [-0.25, -0.2) is 9.78 Å². The van der Waals surface area contributed by atoms with Crippen molar-refractivity contribution in [3.05, 3.63) is 53.9 Å². The highest BCUT2D eigenvalue weighted by molar-refractivity contribution is 7.99. The van der Waals surface area contributed by atoms with E-state index in [1.165, 1.54) is 0 Å². The lowest BCUT2D eigenvalue weighted by molar-refractivity contribution is 0.0469. The van der Waals surface area contributed by atoms with E-state index >= 15 is 0 Å². The molecule has 1 amide bonds. The molecule has 0 unspecified atom stereocenters. The Labute approximate surface area is 256 Å². The summed E-state index contributed by atoms with van der Waals surface area (Å²) in [6.45, 7) is 4.27. The Hall–Kier alpha value is -3.23. The number of anilines is 1. The van der Waals surface area contributed by atoms with E-state index in [0.717, 1.165) is 72.1 Å². The van der Waals surface area contributed by atoms with E-state index < -0.39 is 6.09 Å². The van der Waals surface area contributed by atoms with Crippen molar-refractivity contribution in [2.75, 3.05) is 69.2 Å². The summed E-state index contributed by atoms with van der Waals surface area (Å²) < 4.78 is 22.2. The maximum absolute atomic E-state index is 12.1. The van der Waals surface area contributed by atoms with Gasteiger partial charge >= 0.3 is 6.09 Å². The Morgan fingerprint density at radius 1 is 1.10 bits per heavy atom. The van der Waals surface area contributed by atoms with Crippen LogP contribution in [0.3, 0.4) is 0 Å². The smallest absolute Gasteiger partial charge is 0.407 e.